The van der Waals surface area contributed by atoms with Gasteiger partial charge in [-0.2, -0.15) is 0 Å². The van der Waals surface area contributed by atoms with Gasteiger partial charge in [-0.15, -0.1) is 11.6 Å². The molecule has 0 aromatic heterocycles. The Morgan fingerprint density at radius 2 is 1.40 bits per heavy atom. The van der Waals surface area contributed by atoms with E-state index in [2.05, 4.69) is 0 Å². The molecule has 0 saturated carbocycles. The summed E-state index contributed by atoms with van der Waals surface area (Å²) in [6.07, 6.45) is 0.646. The fourth-order valence-electron chi connectivity index (χ4n) is 3.15. The molecule has 3 aromatic carbocycles. The van der Waals surface area contributed by atoms with Crippen LogP contribution in [0.3, 0.4) is 0 Å². The lowest BCUT2D eigenvalue weighted by Gasteiger charge is -2.33. The smallest absolute Gasteiger partial charge is 0.137 e. The molecule has 0 fully saturated rings. The van der Waals surface area contributed by atoms with Crippen LogP contribution in [0.15, 0.2) is 84.9 Å². The SMILES string of the molecule is [2H]C([2H])(Oc1ccc(/C(=C(/CCCl)c2ccccc2)c2ccccc2)cc1)C([2H])([2H])[N+](C)(C)[O-]. The van der Waals surface area contributed by atoms with Crippen LogP contribution in [-0.4, -0.2) is 37.7 Å². The van der Waals surface area contributed by atoms with Gasteiger partial charge < -0.3 is 14.6 Å². The van der Waals surface area contributed by atoms with Crippen LogP contribution in [0.4, 0.5) is 0 Å². The summed E-state index contributed by atoms with van der Waals surface area (Å²) >= 11 is 6.18. The normalized spacial score (nSPS) is 15.3. The molecule has 0 saturated heterocycles. The van der Waals surface area contributed by atoms with E-state index in [0.717, 1.165) is 41.9 Å². The second-order valence-electron chi connectivity index (χ2n) is 7.22. The zero-order valence-electron chi connectivity index (χ0n) is 21.1. The number of quaternary nitrogens is 1. The molecule has 3 aromatic rings. The fourth-order valence-corrected chi connectivity index (χ4v) is 3.34. The van der Waals surface area contributed by atoms with Crippen molar-refractivity contribution < 1.29 is 14.9 Å². The minimum atomic E-state index is -2.84. The van der Waals surface area contributed by atoms with Gasteiger partial charge in [0.25, 0.3) is 0 Å². The van der Waals surface area contributed by atoms with Crippen LogP contribution in [0.5, 0.6) is 5.75 Å². The molecule has 0 bridgehead atoms. The molecule has 3 rings (SSSR count). The number of hydroxylamine groups is 3. The van der Waals surface area contributed by atoms with Gasteiger partial charge >= 0.3 is 0 Å². The van der Waals surface area contributed by atoms with Crippen molar-refractivity contribution in [3.05, 3.63) is 107 Å². The molecule has 0 heterocycles. The van der Waals surface area contributed by atoms with Crippen LogP contribution in [0.1, 0.15) is 28.6 Å². The van der Waals surface area contributed by atoms with Crippen LogP contribution in [0.25, 0.3) is 11.1 Å². The third kappa shape index (κ3) is 6.20. The second kappa shape index (κ2) is 10.4. The zero-order chi connectivity index (χ0) is 25.0. The van der Waals surface area contributed by atoms with Crippen LogP contribution >= 0.6 is 11.6 Å². The Balaban J connectivity index is 2.06. The van der Waals surface area contributed by atoms with E-state index in [9.17, 15) is 5.21 Å². The molecular weight excluding hydrogens is 394 g/mol. The number of likely N-dealkylation sites (N-methyl/N-ethyl adjacent to an activating group) is 1. The minimum absolute atomic E-state index is 0.122. The first-order chi connectivity index (χ1) is 16.0. The van der Waals surface area contributed by atoms with Crippen molar-refractivity contribution in [2.45, 2.75) is 6.42 Å². The van der Waals surface area contributed by atoms with Crippen LogP contribution < -0.4 is 4.74 Å². The van der Waals surface area contributed by atoms with Gasteiger partial charge in [0.15, 0.2) is 0 Å². The first-order valence-corrected chi connectivity index (χ1v) is 10.3. The Hall–Kier alpha value is -2.59. The number of allylic oxidation sites excluding steroid dienone is 1. The topological polar surface area (TPSA) is 32.3 Å². The molecule has 0 unspecified atom stereocenters. The minimum Gasteiger partial charge on any atom is -0.633 e. The van der Waals surface area contributed by atoms with Crippen molar-refractivity contribution in [2.24, 2.45) is 0 Å². The van der Waals surface area contributed by atoms with E-state index < -0.39 is 17.7 Å². The quantitative estimate of drug-likeness (QED) is 0.176. The summed E-state index contributed by atoms with van der Waals surface area (Å²) in [6, 6.07) is 26.7. The molecule has 0 N–H and O–H groups in total. The van der Waals surface area contributed by atoms with Crippen molar-refractivity contribution in [1.82, 2.24) is 0 Å². The van der Waals surface area contributed by atoms with E-state index in [1.165, 1.54) is 0 Å². The van der Waals surface area contributed by atoms with E-state index in [1.807, 2.05) is 60.7 Å². The number of alkyl halides is 1. The Morgan fingerprint density at radius 1 is 0.867 bits per heavy atom. The highest BCUT2D eigenvalue weighted by Crippen LogP contribution is 2.35. The average molecular weight is 426 g/mol. The molecule has 0 spiro atoms. The number of hydrogen-bond donors (Lipinski definition) is 0. The lowest BCUT2D eigenvalue weighted by atomic mass is 9.88. The van der Waals surface area contributed by atoms with Gasteiger partial charge in [-0.1, -0.05) is 72.8 Å². The van der Waals surface area contributed by atoms with Gasteiger partial charge in [0.05, 0.1) is 19.6 Å². The highest BCUT2D eigenvalue weighted by Gasteiger charge is 2.14. The molecule has 0 aliphatic heterocycles. The summed E-state index contributed by atoms with van der Waals surface area (Å²) in [4.78, 5) is 0. The average Bonchev–Trinajstić information content (AvgIpc) is 2.80. The highest BCUT2D eigenvalue weighted by atomic mass is 35.5. The van der Waals surface area contributed by atoms with Gasteiger partial charge in [0, 0.05) is 5.88 Å². The van der Waals surface area contributed by atoms with E-state index >= 15 is 0 Å². The predicted molar refractivity (Wildman–Crippen MR) is 126 cm³/mol. The van der Waals surface area contributed by atoms with Crippen LogP contribution in [-0.2, 0) is 0 Å². The first kappa shape index (κ1) is 17.1. The number of nitrogens with zero attached hydrogens (tertiary/aromatic N) is 1. The van der Waals surface area contributed by atoms with Crippen molar-refractivity contribution >= 4 is 22.7 Å². The standard InChI is InChI=1S/C26H28ClNO2/c1-28(2,29)19-20-30-24-15-13-23(14-16-24)26(22-11-7-4-8-12-22)25(17-18-27)21-9-5-3-6-10-21/h3-16H,17-20H2,1-2H3/b26-25-/i19D2,20D2. The summed E-state index contributed by atoms with van der Waals surface area (Å²) in [6.45, 7) is -5.66. The molecule has 4 heteroatoms. The number of halogens is 1. The third-order valence-corrected chi connectivity index (χ3v) is 4.65. The fraction of sp³-hybridized carbons (Fsp3) is 0.231. The molecule has 0 radical (unpaired) electrons. The number of ether oxygens (including phenoxy) is 1. The molecule has 0 aliphatic rings. The van der Waals surface area contributed by atoms with Crippen molar-refractivity contribution in [3.63, 3.8) is 0 Å². The molecule has 0 atom stereocenters. The molecule has 156 valence electrons. The number of rotatable bonds is 9. The number of hydrogen-bond acceptors (Lipinski definition) is 2. The van der Waals surface area contributed by atoms with E-state index in [4.69, 9.17) is 21.8 Å². The molecule has 0 aliphatic carbocycles. The third-order valence-electron chi connectivity index (χ3n) is 4.46. The van der Waals surface area contributed by atoms with Crippen molar-refractivity contribution in [1.29, 1.82) is 0 Å². The first-order valence-electron chi connectivity index (χ1n) is 11.7. The van der Waals surface area contributed by atoms with E-state index in [1.54, 1.807) is 24.3 Å². The monoisotopic (exact) mass is 425 g/mol. The van der Waals surface area contributed by atoms with Crippen LogP contribution in [0.2, 0.25) is 0 Å². The van der Waals surface area contributed by atoms with Gasteiger partial charge in [-0.25, -0.2) is 0 Å². The van der Waals surface area contributed by atoms with Gasteiger partial charge in [0.1, 0.15) is 18.8 Å². The maximum atomic E-state index is 12.2. The van der Waals surface area contributed by atoms with E-state index in [0.29, 0.717) is 12.3 Å². The summed E-state index contributed by atoms with van der Waals surface area (Å²) in [5, 5.41) is 12.2. The molecule has 30 heavy (non-hydrogen) atoms. The Morgan fingerprint density at radius 3 is 1.93 bits per heavy atom. The van der Waals surface area contributed by atoms with Crippen molar-refractivity contribution in [2.75, 3.05) is 33.0 Å². The summed E-state index contributed by atoms with van der Waals surface area (Å²) < 4.78 is 35.9. The lowest BCUT2D eigenvalue weighted by molar-refractivity contribution is -0.840. The summed E-state index contributed by atoms with van der Waals surface area (Å²) in [5.74, 6) is 0.567. The van der Waals surface area contributed by atoms with Gasteiger partial charge in [0.2, 0.25) is 0 Å². The summed E-state index contributed by atoms with van der Waals surface area (Å²) in [5.41, 5.74) is 5.02. The van der Waals surface area contributed by atoms with Gasteiger partial charge in [-0.3, -0.25) is 0 Å². The van der Waals surface area contributed by atoms with E-state index in [-0.39, 0.29) is 5.75 Å². The Labute approximate surface area is 190 Å². The molecular formula is C26H28ClNO2. The van der Waals surface area contributed by atoms with Crippen molar-refractivity contribution in [3.8, 4) is 5.75 Å². The molecule has 0 amide bonds. The Bertz CT molecular complexity index is 1110. The number of benzene rings is 3. The maximum absolute atomic E-state index is 12.2. The largest absolute Gasteiger partial charge is 0.633 e. The zero-order valence-corrected chi connectivity index (χ0v) is 17.9. The Kier molecular flexibility index (Phi) is 5.96. The maximum Gasteiger partial charge on any atom is 0.137 e. The predicted octanol–water partition coefficient (Wildman–Crippen LogP) is 6.23. The lowest BCUT2D eigenvalue weighted by Crippen LogP contribution is -2.36. The van der Waals surface area contributed by atoms with Gasteiger partial charge in [-0.05, 0) is 46.4 Å². The highest BCUT2D eigenvalue weighted by molar-refractivity contribution is 6.18. The summed E-state index contributed by atoms with van der Waals surface area (Å²) in [7, 11) is 2.09. The second-order valence-corrected chi connectivity index (χ2v) is 7.59. The van der Waals surface area contributed by atoms with Crippen LogP contribution in [0, 0.1) is 5.21 Å². The molecule has 3 nitrogen and oxygen atoms in total.